The number of rotatable bonds is 2. The zero-order valence-electron chi connectivity index (χ0n) is 11.3. The third kappa shape index (κ3) is 2.30. The third-order valence-electron chi connectivity index (χ3n) is 3.85. The van der Waals surface area contributed by atoms with Gasteiger partial charge in [-0.15, -0.1) is 0 Å². The Bertz CT molecular complexity index is 492. The van der Waals surface area contributed by atoms with Crippen LogP contribution < -0.4 is 5.32 Å². The largest absolute Gasteiger partial charge is 0.441 e. The smallest absolute Gasteiger partial charge is 0.410 e. The van der Waals surface area contributed by atoms with Gasteiger partial charge in [0.05, 0.1) is 13.1 Å². The Balaban J connectivity index is 1.72. The summed E-state index contributed by atoms with van der Waals surface area (Å²) in [5.74, 6) is 1.52. The number of aromatic nitrogens is 3. The van der Waals surface area contributed by atoms with E-state index < -0.39 is 0 Å². The molecule has 104 valence electrons. The van der Waals surface area contributed by atoms with Gasteiger partial charge >= 0.3 is 6.09 Å². The minimum Gasteiger partial charge on any atom is -0.441 e. The van der Waals surface area contributed by atoms with Gasteiger partial charge in [0.1, 0.15) is 17.2 Å². The monoisotopic (exact) mass is 265 g/mol. The highest BCUT2D eigenvalue weighted by Gasteiger charge is 2.45. The summed E-state index contributed by atoms with van der Waals surface area (Å²) >= 11 is 0. The molecular weight excluding hydrogens is 246 g/mol. The average molecular weight is 265 g/mol. The maximum Gasteiger partial charge on any atom is 0.410 e. The SMILES string of the molecule is Cc1nc(CN2CC3(CCNCC3)OC2=O)n(C)n1. The Kier molecular flexibility index (Phi) is 2.93. The van der Waals surface area contributed by atoms with Gasteiger partial charge in [0, 0.05) is 19.9 Å². The second-order valence-electron chi connectivity index (χ2n) is 5.36. The molecule has 3 heterocycles. The molecule has 2 saturated heterocycles. The third-order valence-corrected chi connectivity index (χ3v) is 3.85. The van der Waals surface area contributed by atoms with Crippen LogP contribution in [0.2, 0.25) is 0 Å². The highest BCUT2D eigenvalue weighted by atomic mass is 16.6. The van der Waals surface area contributed by atoms with Gasteiger partial charge in [0.25, 0.3) is 0 Å². The van der Waals surface area contributed by atoms with Crippen LogP contribution in [0.5, 0.6) is 0 Å². The fraction of sp³-hybridized carbons (Fsp3) is 0.750. The van der Waals surface area contributed by atoms with Crippen molar-refractivity contribution in [3.05, 3.63) is 11.6 Å². The van der Waals surface area contributed by atoms with E-state index in [-0.39, 0.29) is 11.7 Å². The standard InChI is InChI=1S/C12H19N5O2/c1-9-14-10(16(2)15-9)7-17-8-12(19-11(17)18)3-5-13-6-4-12/h13H,3-8H2,1-2H3. The fourth-order valence-electron chi connectivity index (χ4n) is 2.82. The summed E-state index contributed by atoms with van der Waals surface area (Å²) in [7, 11) is 1.84. The molecule has 0 aliphatic carbocycles. The van der Waals surface area contributed by atoms with Crippen molar-refractivity contribution < 1.29 is 9.53 Å². The number of carbonyl (C=O) groups excluding carboxylic acids is 1. The number of amides is 1. The predicted octanol–water partition coefficient (Wildman–Crippen LogP) is 0.198. The zero-order chi connectivity index (χ0) is 13.5. The van der Waals surface area contributed by atoms with Crippen LogP contribution in [0.25, 0.3) is 0 Å². The molecule has 19 heavy (non-hydrogen) atoms. The molecule has 7 nitrogen and oxygen atoms in total. The summed E-state index contributed by atoms with van der Waals surface area (Å²) in [6.45, 7) is 4.78. The predicted molar refractivity (Wildman–Crippen MR) is 67.5 cm³/mol. The highest BCUT2D eigenvalue weighted by molar-refractivity contribution is 5.70. The Labute approximate surface area is 111 Å². The van der Waals surface area contributed by atoms with Crippen LogP contribution in [0.15, 0.2) is 0 Å². The molecule has 1 N–H and O–H groups in total. The Hall–Kier alpha value is -1.63. The number of nitrogens with one attached hydrogen (secondary N) is 1. The first kappa shape index (κ1) is 12.4. The first-order valence-electron chi connectivity index (χ1n) is 6.63. The molecule has 1 aromatic rings. The van der Waals surface area contributed by atoms with Crippen LogP contribution in [0.4, 0.5) is 4.79 Å². The van der Waals surface area contributed by atoms with E-state index in [1.165, 1.54) is 0 Å². The Morgan fingerprint density at radius 2 is 2.16 bits per heavy atom. The second kappa shape index (κ2) is 4.48. The zero-order valence-corrected chi connectivity index (χ0v) is 11.3. The maximum atomic E-state index is 12.0. The van der Waals surface area contributed by atoms with E-state index in [9.17, 15) is 4.79 Å². The van der Waals surface area contributed by atoms with Gasteiger partial charge < -0.3 is 10.1 Å². The second-order valence-corrected chi connectivity index (χ2v) is 5.36. The van der Waals surface area contributed by atoms with Crippen molar-refractivity contribution in [1.29, 1.82) is 0 Å². The summed E-state index contributed by atoms with van der Waals surface area (Å²) in [5, 5.41) is 7.49. The highest BCUT2D eigenvalue weighted by Crippen LogP contribution is 2.31. The summed E-state index contributed by atoms with van der Waals surface area (Å²) in [6.07, 6.45) is 1.53. The number of hydrogen-bond donors (Lipinski definition) is 1. The van der Waals surface area contributed by atoms with E-state index in [0.29, 0.717) is 13.1 Å². The van der Waals surface area contributed by atoms with Crippen LogP contribution in [-0.2, 0) is 18.3 Å². The van der Waals surface area contributed by atoms with E-state index in [1.54, 1.807) is 9.58 Å². The molecule has 7 heteroatoms. The lowest BCUT2D eigenvalue weighted by Gasteiger charge is -2.31. The van der Waals surface area contributed by atoms with Crippen molar-refractivity contribution >= 4 is 6.09 Å². The summed E-state index contributed by atoms with van der Waals surface area (Å²) in [6, 6.07) is 0. The summed E-state index contributed by atoms with van der Waals surface area (Å²) in [5.41, 5.74) is -0.296. The number of nitrogens with zero attached hydrogens (tertiary/aromatic N) is 4. The summed E-state index contributed by atoms with van der Waals surface area (Å²) < 4.78 is 7.33. The Morgan fingerprint density at radius 1 is 1.42 bits per heavy atom. The molecule has 1 amide bonds. The number of ether oxygens (including phenoxy) is 1. The molecule has 0 unspecified atom stereocenters. The Morgan fingerprint density at radius 3 is 2.79 bits per heavy atom. The average Bonchev–Trinajstić information content (AvgIpc) is 2.82. The van der Waals surface area contributed by atoms with Crippen LogP contribution in [-0.4, -0.2) is 51.0 Å². The van der Waals surface area contributed by atoms with Gasteiger partial charge in [-0.25, -0.2) is 9.78 Å². The molecule has 0 atom stereocenters. The van der Waals surface area contributed by atoms with Crippen LogP contribution in [0.3, 0.4) is 0 Å². The number of aryl methyl sites for hydroxylation is 2. The molecule has 2 fully saturated rings. The topological polar surface area (TPSA) is 72.3 Å². The number of hydrogen-bond acceptors (Lipinski definition) is 5. The molecule has 0 bridgehead atoms. The number of piperidine rings is 1. The van der Waals surface area contributed by atoms with E-state index in [0.717, 1.165) is 37.6 Å². The van der Waals surface area contributed by atoms with Crippen molar-refractivity contribution in [2.45, 2.75) is 31.9 Å². The lowest BCUT2D eigenvalue weighted by molar-refractivity contribution is 0.0316. The molecule has 0 radical (unpaired) electrons. The molecule has 1 spiro atoms. The van der Waals surface area contributed by atoms with E-state index in [4.69, 9.17) is 4.74 Å². The lowest BCUT2D eigenvalue weighted by Crippen LogP contribution is -2.44. The van der Waals surface area contributed by atoms with Gasteiger partial charge in [0.15, 0.2) is 0 Å². The van der Waals surface area contributed by atoms with E-state index in [2.05, 4.69) is 15.4 Å². The molecule has 2 aliphatic heterocycles. The van der Waals surface area contributed by atoms with Gasteiger partial charge in [-0.05, 0) is 20.0 Å². The normalized spacial score (nSPS) is 22.0. The van der Waals surface area contributed by atoms with Gasteiger partial charge in [-0.3, -0.25) is 9.58 Å². The first-order chi connectivity index (χ1) is 9.08. The van der Waals surface area contributed by atoms with E-state index >= 15 is 0 Å². The molecule has 2 aliphatic rings. The molecule has 0 aromatic carbocycles. The minimum absolute atomic E-state index is 0.234. The first-order valence-corrected chi connectivity index (χ1v) is 6.63. The van der Waals surface area contributed by atoms with Crippen molar-refractivity contribution in [3.63, 3.8) is 0 Å². The summed E-state index contributed by atoms with van der Waals surface area (Å²) in [4.78, 5) is 18.1. The van der Waals surface area contributed by atoms with E-state index in [1.807, 2.05) is 14.0 Å². The van der Waals surface area contributed by atoms with Gasteiger partial charge in [-0.1, -0.05) is 0 Å². The van der Waals surface area contributed by atoms with Crippen LogP contribution in [0, 0.1) is 6.92 Å². The lowest BCUT2D eigenvalue weighted by atomic mass is 9.92. The van der Waals surface area contributed by atoms with Crippen LogP contribution in [0.1, 0.15) is 24.5 Å². The van der Waals surface area contributed by atoms with Crippen molar-refractivity contribution in [3.8, 4) is 0 Å². The van der Waals surface area contributed by atoms with Gasteiger partial charge in [0.2, 0.25) is 0 Å². The van der Waals surface area contributed by atoms with Crippen LogP contribution >= 0.6 is 0 Å². The maximum absolute atomic E-state index is 12.0. The fourth-order valence-corrected chi connectivity index (χ4v) is 2.82. The van der Waals surface area contributed by atoms with Gasteiger partial charge in [-0.2, -0.15) is 5.10 Å². The quantitative estimate of drug-likeness (QED) is 0.827. The van der Waals surface area contributed by atoms with Crippen molar-refractivity contribution in [2.24, 2.45) is 7.05 Å². The number of carbonyl (C=O) groups is 1. The van der Waals surface area contributed by atoms with Crippen molar-refractivity contribution in [1.82, 2.24) is 25.0 Å². The minimum atomic E-state index is -0.296. The molecule has 1 aromatic heterocycles. The molecule has 3 rings (SSSR count). The van der Waals surface area contributed by atoms with Crippen molar-refractivity contribution in [2.75, 3.05) is 19.6 Å². The molecule has 0 saturated carbocycles. The molecular formula is C12H19N5O2.